The largest absolute Gasteiger partial charge is 0.349 e. The molecular weight excluding hydrogens is 368 g/mol. The highest BCUT2D eigenvalue weighted by molar-refractivity contribution is 9.10. The minimum Gasteiger partial charge on any atom is -0.349 e. The van der Waals surface area contributed by atoms with Gasteiger partial charge in [-0.2, -0.15) is 5.10 Å². The van der Waals surface area contributed by atoms with Crippen molar-refractivity contribution in [1.29, 1.82) is 0 Å². The zero-order chi connectivity index (χ0) is 16.7. The number of rotatable bonds is 3. The predicted octanol–water partition coefficient (Wildman–Crippen LogP) is 2.96. The topological polar surface area (TPSA) is 59.0 Å². The molecule has 5 nitrogen and oxygen atoms in total. The van der Waals surface area contributed by atoms with Crippen LogP contribution in [0.3, 0.4) is 0 Å². The van der Waals surface area contributed by atoms with Gasteiger partial charge in [0.1, 0.15) is 0 Å². The Kier molecular flexibility index (Phi) is 4.18. The van der Waals surface area contributed by atoms with Crippen LogP contribution in [0.25, 0.3) is 5.69 Å². The molecule has 2 fully saturated rings. The summed E-state index contributed by atoms with van der Waals surface area (Å²) in [7, 11) is 0. The number of carbonyl (C=O) groups is 1. The molecule has 3 heterocycles. The smallest absolute Gasteiger partial charge is 0.254 e. The van der Waals surface area contributed by atoms with Gasteiger partial charge in [0.05, 0.1) is 23.1 Å². The Balaban J connectivity index is 1.50. The number of hydrogen-bond donors (Lipinski definition) is 2. The summed E-state index contributed by atoms with van der Waals surface area (Å²) in [6.45, 7) is 1.94. The molecule has 2 unspecified atom stereocenters. The van der Waals surface area contributed by atoms with Gasteiger partial charge in [0.15, 0.2) is 0 Å². The monoisotopic (exact) mass is 388 g/mol. The Bertz CT molecular complexity index is 743. The van der Waals surface area contributed by atoms with Crippen LogP contribution in [0.5, 0.6) is 0 Å². The van der Waals surface area contributed by atoms with Crippen molar-refractivity contribution in [2.24, 2.45) is 0 Å². The lowest BCUT2D eigenvalue weighted by Gasteiger charge is -2.29. The van der Waals surface area contributed by atoms with Gasteiger partial charge in [-0.3, -0.25) is 4.79 Å². The van der Waals surface area contributed by atoms with E-state index in [4.69, 9.17) is 0 Å². The van der Waals surface area contributed by atoms with Crippen LogP contribution >= 0.6 is 15.9 Å². The predicted molar refractivity (Wildman–Crippen MR) is 96.4 cm³/mol. The lowest BCUT2D eigenvalue weighted by molar-refractivity contribution is 0.0923. The molecule has 0 saturated carbocycles. The third-order valence-corrected chi connectivity index (χ3v) is 5.66. The van der Waals surface area contributed by atoms with Crippen molar-refractivity contribution in [3.05, 3.63) is 46.2 Å². The number of benzene rings is 1. The minimum absolute atomic E-state index is 0.0119. The molecule has 4 rings (SSSR count). The SMILES string of the molecule is Cc1c(C(=O)NC2CC3CCC(C2)N3)cnn1-c1ccc(Br)cc1. The van der Waals surface area contributed by atoms with Crippen LogP contribution in [0.2, 0.25) is 0 Å². The molecule has 2 atom stereocenters. The van der Waals surface area contributed by atoms with E-state index in [1.165, 1.54) is 12.8 Å². The Labute approximate surface area is 149 Å². The molecule has 2 bridgehead atoms. The second kappa shape index (κ2) is 6.33. The van der Waals surface area contributed by atoms with Crippen molar-refractivity contribution in [3.63, 3.8) is 0 Å². The number of piperidine rings is 1. The lowest BCUT2D eigenvalue weighted by Crippen LogP contribution is -2.48. The molecule has 2 aromatic rings. The second-order valence-corrected chi connectivity index (χ2v) is 7.73. The number of halogens is 1. The highest BCUT2D eigenvalue weighted by atomic mass is 79.9. The number of hydrogen-bond acceptors (Lipinski definition) is 3. The van der Waals surface area contributed by atoms with Gasteiger partial charge in [-0.05, 0) is 56.9 Å². The standard InChI is InChI=1S/C18H21BrN4O/c1-11-17(10-20-23(11)16-6-2-12(19)3-7-16)18(24)22-15-8-13-4-5-14(9-15)21-13/h2-3,6-7,10,13-15,21H,4-5,8-9H2,1H3,(H,22,24). The van der Waals surface area contributed by atoms with Gasteiger partial charge < -0.3 is 10.6 Å². The van der Waals surface area contributed by atoms with Gasteiger partial charge >= 0.3 is 0 Å². The highest BCUT2D eigenvalue weighted by Gasteiger charge is 2.34. The van der Waals surface area contributed by atoms with E-state index in [9.17, 15) is 4.79 Å². The molecule has 2 N–H and O–H groups in total. The molecule has 1 amide bonds. The van der Waals surface area contributed by atoms with Gasteiger partial charge in [-0.15, -0.1) is 0 Å². The fourth-order valence-corrected chi connectivity index (χ4v) is 4.18. The van der Waals surface area contributed by atoms with E-state index in [1.807, 2.05) is 35.9 Å². The fourth-order valence-electron chi connectivity index (χ4n) is 3.91. The maximum atomic E-state index is 12.7. The average Bonchev–Trinajstić information content (AvgIpc) is 3.11. The van der Waals surface area contributed by atoms with E-state index < -0.39 is 0 Å². The van der Waals surface area contributed by atoms with E-state index in [0.29, 0.717) is 17.6 Å². The molecule has 24 heavy (non-hydrogen) atoms. The summed E-state index contributed by atoms with van der Waals surface area (Å²) < 4.78 is 2.84. The number of fused-ring (bicyclic) bond motifs is 2. The maximum absolute atomic E-state index is 12.7. The number of carbonyl (C=O) groups excluding carboxylic acids is 1. The molecule has 1 aromatic heterocycles. The van der Waals surface area contributed by atoms with Crippen LogP contribution in [0.4, 0.5) is 0 Å². The van der Waals surface area contributed by atoms with Gasteiger partial charge in [-0.25, -0.2) is 4.68 Å². The molecule has 6 heteroatoms. The zero-order valence-electron chi connectivity index (χ0n) is 13.6. The highest BCUT2D eigenvalue weighted by Crippen LogP contribution is 2.27. The van der Waals surface area contributed by atoms with Crippen LogP contribution in [-0.2, 0) is 0 Å². The third-order valence-electron chi connectivity index (χ3n) is 5.13. The van der Waals surface area contributed by atoms with Crippen molar-refractivity contribution < 1.29 is 4.79 Å². The van der Waals surface area contributed by atoms with Crippen molar-refractivity contribution in [2.75, 3.05) is 0 Å². The first kappa shape index (κ1) is 15.8. The van der Waals surface area contributed by atoms with Crippen LogP contribution in [0.1, 0.15) is 41.7 Å². The quantitative estimate of drug-likeness (QED) is 0.849. The summed E-state index contributed by atoms with van der Waals surface area (Å²) in [6, 6.07) is 9.32. The number of aromatic nitrogens is 2. The summed E-state index contributed by atoms with van der Waals surface area (Å²) in [5, 5.41) is 11.2. The first-order chi connectivity index (χ1) is 11.6. The van der Waals surface area contributed by atoms with E-state index in [-0.39, 0.29) is 11.9 Å². The van der Waals surface area contributed by atoms with Crippen LogP contribution in [-0.4, -0.2) is 33.8 Å². The Hall–Kier alpha value is -1.66. The summed E-state index contributed by atoms with van der Waals surface area (Å²) >= 11 is 3.44. The molecule has 1 aromatic carbocycles. The molecule has 0 spiro atoms. The molecular formula is C18H21BrN4O. The number of nitrogens with one attached hydrogen (secondary N) is 2. The molecule has 0 radical (unpaired) electrons. The Morgan fingerprint density at radius 2 is 1.92 bits per heavy atom. The second-order valence-electron chi connectivity index (χ2n) is 6.81. The Morgan fingerprint density at radius 1 is 1.25 bits per heavy atom. The first-order valence-corrected chi connectivity index (χ1v) is 9.27. The summed E-state index contributed by atoms with van der Waals surface area (Å²) in [5.74, 6) is -0.0119. The van der Waals surface area contributed by atoms with Crippen LogP contribution in [0, 0.1) is 6.92 Å². The third kappa shape index (κ3) is 3.00. The van der Waals surface area contributed by atoms with Gasteiger partial charge in [0, 0.05) is 22.6 Å². The van der Waals surface area contributed by atoms with E-state index >= 15 is 0 Å². The molecule has 0 aliphatic carbocycles. The van der Waals surface area contributed by atoms with Crippen LogP contribution in [0.15, 0.2) is 34.9 Å². The number of nitrogens with zero attached hydrogens (tertiary/aromatic N) is 2. The van der Waals surface area contributed by atoms with E-state index in [0.717, 1.165) is 28.7 Å². The van der Waals surface area contributed by atoms with Crippen LogP contribution < -0.4 is 10.6 Å². The lowest BCUT2D eigenvalue weighted by atomic mass is 9.99. The zero-order valence-corrected chi connectivity index (χ0v) is 15.2. The molecule has 2 aliphatic heterocycles. The van der Waals surface area contributed by atoms with Gasteiger partial charge in [-0.1, -0.05) is 15.9 Å². The molecule has 126 valence electrons. The summed E-state index contributed by atoms with van der Waals surface area (Å²) in [6.07, 6.45) is 6.20. The maximum Gasteiger partial charge on any atom is 0.254 e. The average molecular weight is 389 g/mol. The van der Waals surface area contributed by atoms with Crippen molar-refractivity contribution in [3.8, 4) is 5.69 Å². The normalized spacial score (nSPS) is 25.7. The summed E-state index contributed by atoms with van der Waals surface area (Å²) in [4.78, 5) is 12.7. The van der Waals surface area contributed by atoms with Crippen molar-refractivity contribution >= 4 is 21.8 Å². The van der Waals surface area contributed by atoms with E-state index in [1.54, 1.807) is 6.20 Å². The minimum atomic E-state index is -0.0119. The molecule has 2 saturated heterocycles. The molecule has 2 aliphatic rings. The van der Waals surface area contributed by atoms with Crippen molar-refractivity contribution in [1.82, 2.24) is 20.4 Å². The van der Waals surface area contributed by atoms with E-state index in [2.05, 4.69) is 31.7 Å². The first-order valence-electron chi connectivity index (χ1n) is 8.47. The van der Waals surface area contributed by atoms with Gasteiger partial charge in [0.2, 0.25) is 0 Å². The van der Waals surface area contributed by atoms with Gasteiger partial charge in [0.25, 0.3) is 5.91 Å². The number of amides is 1. The van der Waals surface area contributed by atoms with Crippen molar-refractivity contribution in [2.45, 2.75) is 50.7 Å². The summed E-state index contributed by atoms with van der Waals surface area (Å²) in [5.41, 5.74) is 2.48. The Morgan fingerprint density at radius 3 is 2.58 bits per heavy atom. The fraction of sp³-hybridized carbons (Fsp3) is 0.444.